The van der Waals surface area contributed by atoms with Gasteiger partial charge in [-0.2, -0.15) is 0 Å². The van der Waals surface area contributed by atoms with E-state index < -0.39 is 0 Å². The van der Waals surface area contributed by atoms with Gasteiger partial charge in [0, 0.05) is 57.3 Å². The second-order valence-electron chi connectivity index (χ2n) is 17.9. The molecule has 9 aromatic rings. The fourth-order valence-corrected chi connectivity index (χ4v) is 8.82. The van der Waals surface area contributed by atoms with E-state index in [1.165, 1.54) is 39.3 Å². The van der Waals surface area contributed by atoms with Crippen molar-refractivity contribution < 1.29 is 9.15 Å². The lowest BCUT2D eigenvalue weighted by Gasteiger charge is -2.28. The molecule has 0 saturated carbocycles. The van der Waals surface area contributed by atoms with Crippen LogP contribution in [0.2, 0.25) is 0 Å². The minimum atomic E-state index is -0.0385. The standard InChI is InChI=1S/C52H48N4O2/c1-32-24-35(52(6,7)8)25-33(2)50(32)55-31-54(43-17-10-11-18-44(43)55)36-14-13-15-37(27-36)57-38-20-21-39-41-29-42-40-16-9-12-19-47(40)58-48(42)30-46(41)56(45(39)28-38)49-26-34(22-23-53-49)51(3,4)5/h9-30H,31H2,1-8H3. The van der Waals surface area contributed by atoms with E-state index in [1.807, 2.05) is 24.4 Å². The minimum absolute atomic E-state index is 0.0385. The Bertz CT molecular complexity index is 3060. The van der Waals surface area contributed by atoms with Gasteiger partial charge in [-0.3, -0.25) is 4.57 Å². The molecule has 1 aliphatic rings. The molecule has 0 bridgehead atoms. The Morgan fingerprint density at radius 1 is 0.552 bits per heavy atom. The fourth-order valence-electron chi connectivity index (χ4n) is 8.82. The van der Waals surface area contributed by atoms with Crippen molar-refractivity contribution in [2.24, 2.45) is 0 Å². The van der Waals surface area contributed by atoms with Crippen LogP contribution in [0, 0.1) is 13.8 Å². The van der Waals surface area contributed by atoms with Crippen molar-refractivity contribution in [3.8, 4) is 17.3 Å². The van der Waals surface area contributed by atoms with Gasteiger partial charge < -0.3 is 19.0 Å². The monoisotopic (exact) mass is 760 g/mol. The van der Waals surface area contributed by atoms with Crippen LogP contribution in [0.15, 0.2) is 138 Å². The Morgan fingerprint density at radius 3 is 2.00 bits per heavy atom. The van der Waals surface area contributed by atoms with Gasteiger partial charge in [0.1, 0.15) is 35.2 Å². The maximum atomic E-state index is 6.76. The topological polar surface area (TPSA) is 46.7 Å². The minimum Gasteiger partial charge on any atom is -0.457 e. The second kappa shape index (κ2) is 13.0. The van der Waals surface area contributed by atoms with Crippen LogP contribution < -0.4 is 14.5 Å². The van der Waals surface area contributed by atoms with Crippen LogP contribution in [-0.2, 0) is 10.8 Å². The number of para-hydroxylation sites is 3. The van der Waals surface area contributed by atoms with Crippen molar-refractivity contribution in [1.82, 2.24) is 9.55 Å². The summed E-state index contributed by atoms with van der Waals surface area (Å²) >= 11 is 0. The molecule has 6 nitrogen and oxygen atoms in total. The molecule has 4 heterocycles. The van der Waals surface area contributed by atoms with Crippen LogP contribution in [0.1, 0.15) is 63.8 Å². The average molecular weight is 761 g/mol. The highest BCUT2D eigenvalue weighted by molar-refractivity contribution is 6.17. The smallest absolute Gasteiger partial charge is 0.137 e. The molecule has 1 aliphatic heterocycles. The number of pyridine rings is 1. The van der Waals surface area contributed by atoms with Crippen LogP contribution in [0.3, 0.4) is 0 Å². The largest absolute Gasteiger partial charge is 0.457 e. The number of rotatable bonds is 5. The number of aromatic nitrogens is 2. The summed E-state index contributed by atoms with van der Waals surface area (Å²) < 4.78 is 15.4. The van der Waals surface area contributed by atoms with Crippen molar-refractivity contribution >= 4 is 66.5 Å². The normalized spacial score (nSPS) is 13.4. The molecular formula is C52H48N4O2. The van der Waals surface area contributed by atoms with Gasteiger partial charge in [-0.25, -0.2) is 4.98 Å². The van der Waals surface area contributed by atoms with E-state index in [4.69, 9.17) is 14.1 Å². The zero-order chi connectivity index (χ0) is 40.1. The summed E-state index contributed by atoms with van der Waals surface area (Å²) in [5.74, 6) is 2.38. The summed E-state index contributed by atoms with van der Waals surface area (Å²) in [6.07, 6.45) is 1.92. The van der Waals surface area contributed by atoms with Gasteiger partial charge in [-0.05, 0) is 108 Å². The van der Waals surface area contributed by atoms with Crippen LogP contribution in [-0.4, -0.2) is 16.2 Å². The number of nitrogens with zero attached hydrogens (tertiary/aromatic N) is 4. The number of hydrogen-bond donors (Lipinski definition) is 0. The highest BCUT2D eigenvalue weighted by atomic mass is 16.5. The van der Waals surface area contributed by atoms with Gasteiger partial charge in [0.2, 0.25) is 0 Å². The molecule has 0 aliphatic carbocycles. The van der Waals surface area contributed by atoms with Crippen molar-refractivity contribution in [2.45, 2.75) is 66.2 Å². The predicted octanol–water partition coefficient (Wildman–Crippen LogP) is 14.3. The first-order valence-corrected chi connectivity index (χ1v) is 20.2. The number of fused-ring (bicyclic) bond motifs is 7. The summed E-state index contributed by atoms with van der Waals surface area (Å²) in [7, 11) is 0. The molecule has 0 atom stereocenters. The van der Waals surface area contributed by atoms with E-state index in [9.17, 15) is 0 Å². The van der Waals surface area contributed by atoms with Crippen LogP contribution in [0.25, 0.3) is 49.6 Å². The molecule has 0 N–H and O–H groups in total. The summed E-state index contributed by atoms with van der Waals surface area (Å²) in [4.78, 5) is 9.78. The third-order valence-corrected chi connectivity index (χ3v) is 11.8. The van der Waals surface area contributed by atoms with E-state index in [1.54, 1.807) is 0 Å². The number of ether oxygens (including phenoxy) is 1. The van der Waals surface area contributed by atoms with Crippen LogP contribution in [0.5, 0.6) is 11.5 Å². The number of aryl methyl sites for hydroxylation is 2. The highest BCUT2D eigenvalue weighted by Gasteiger charge is 2.30. The summed E-state index contributed by atoms with van der Waals surface area (Å²) in [6, 6.07) is 45.3. The number of hydrogen-bond acceptors (Lipinski definition) is 5. The first-order valence-electron chi connectivity index (χ1n) is 20.2. The van der Waals surface area contributed by atoms with Gasteiger partial charge in [-0.1, -0.05) is 90.1 Å². The lowest BCUT2D eigenvalue weighted by Crippen LogP contribution is -2.25. The maximum absolute atomic E-state index is 6.76. The van der Waals surface area contributed by atoms with Crippen molar-refractivity contribution in [2.75, 3.05) is 16.5 Å². The SMILES string of the molecule is Cc1cc(C(C)(C)C)cc(C)c1N1CN(c2cccc(Oc3ccc4c5cc6c(cc5n(-c5cc(C(C)(C)C)ccn5)c4c3)oc3ccccc36)c2)c2ccccc21. The van der Waals surface area contributed by atoms with Gasteiger partial charge >= 0.3 is 0 Å². The van der Waals surface area contributed by atoms with Crippen molar-refractivity contribution in [3.05, 3.63) is 156 Å². The molecule has 6 heteroatoms. The molecule has 0 saturated heterocycles. The third kappa shape index (κ3) is 5.89. The Labute approximate surface area is 339 Å². The summed E-state index contributed by atoms with van der Waals surface area (Å²) in [5, 5.41) is 4.48. The summed E-state index contributed by atoms with van der Waals surface area (Å²) in [6.45, 7) is 18.7. The lowest BCUT2D eigenvalue weighted by atomic mass is 9.84. The molecule has 0 radical (unpaired) electrons. The van der Waals surface area contributed by atoms with Gasteiger partial charge in [-0.15, -0.1) is 0 Å². The van der Waals surface area contributed by atoms with E-state index in [-0.39, 0.29) is 10.8 Å². The first-order chi connectivity index (χ1) is 27.8. The van der Waals surface area contributed by atoms with E-state index >= 15 is 0 Å². The zero-order valence-electron chi connectivity index (χ0n) is 34.5. The van der Waals surface area contributed by atoms with Gasteiger partial charge in [0.15, 0.2) is 0 Å². The lowest BCUT2D eigenvalue weighted by molar-refractivity contribution is 0.483. The third-order valence-electron chi connectivity index (χ3n) is 11.8. The maximum Gasteiger partial charge on any atom is 0.137 e. The molecule has 288 valence electrons. The highest BCUT2D eigenvalue weighted by Crippen LogP contribution is 2.47. The van der Waals surface area contributed by atoms with Crippen LogP contribution in [0.4, 0.5) is 22.7 Å². The molecule has 6 aromatic carbocycles. The number of furan rings is 1. The Balaban J connectivity index is 1.05. The van der Waals surface area contributed by atoms with Gasteiger partial charge in [0.05, 0.1) is 22.4 Å². The fraction of sp³-hybridized carbons (Fsp3) is 0.212. The Morgan fingerprint density at radius 2 is 1.24 bits per heavy atom. The second-order valence-corrected chi connectivity index (χ2v) is 17.9. The van der Waals surface area contributed by atoms with E-state index in [0.717, 1.165) is 66.7 Å². The molecule has 0 amide bonds. The molecular weight excluding hydrogens is 713 g/mol. The molecule has 0 spiro atoms. The number of anilines is 4. The first kappa shape index (κ1) is 35.9. The Kier molecular flexibility index (Phi) is 8.04. The average Bonchev–Trinajstić information content (AvgIpc) is 3.85. The van der Waals surface area contributed by atoms with Crippen LogP contribution >= 0.6 is 0 Å². The molecule has 0 fully saturated rings. The molecule has 58 heavy (non-hydrogen) atoms. The van der Waals surface area contributed by atoms with E-state index in [2.05, 4.69) is 179 Å². The zero-order valence-corrected chi connectivity index (χ0v) is 34.5. The molecule has 3 aromatic heterocycles. The Hall–Kier alpha value is -6.53. The molecule has 0 unspecified atom stereocenters. The number of benzene rings is 6. The van der Waals surface area contributed by atoms with Crippen molar-refractivity contribution in [3.63, 3.8) is 0 Å². The summed E-state index contributed by atoms with van der Waals surface area (Å²) in [5.41, 5.74) is 13.7. The quantitative estimate of drug-likeness (QED) is 0.175. The van der Waals surface area contributed by atoms with E-state index in [0.29, 0.717) is 6.67 Å². The predicted molar refractivity (Wildman–Crippen MR) is 241 cm³/mol. The van der Waals surface area contributed by atoms with Gasteiger partial charge in [0.25, 0.3) is 0 Å². The molecule has 10 rings (SSSR count). The van der Waals surface area contributed by atoms with Crippen molar-refractivity contribution in [1.29, 1.82) is 0 Å².